The maximum Gasteiger partial charge on any atom is 0.158 e. The highest BCUT2D eigenvalue weighted by Crippen LogP contribution is 2.38. The highest BCUT2D eigenvalue weighted by Gasteiger charge is 2.38. The fourth-order valence-electron chi connectivity index (χ4n) is 2.03. The van der Waals surface area contributed by atoms with Gasteiger partial charge in [-0.15, -0.1) is 0 Å². The molecule has 0 aliphatic heterocycles. The molecule has 2 rings (SSSR count). The smallest absolute Gasteiger partial charge is 0.158 e. The third-order valence-corrected chi connectivity index (χ3v) is 3.11. The summed E-state index contributed by atoms with van der Waals surface area (Å²) in [7, 11) is 3.89. The van der Waals surface area contributed by atoms with Crippen LogP contribution in [-0.2, 0) is 7.05 Å². The zero-order valence-corrected chi connectivity index (χ0v) is 9.49. The van der Waals surface area contributed by atoms with E-state index >= 15 is 0 Å². The van der Waals surface area contributed by atoms with Crippen LogP contribution in [0.15, 0.2) is 12.4 Å². The van der Waals surface area contributed by atoms with E-state index in [9.17, 15) is 0 Å². The molecule has 1 heterocycles. The van der Waals surface area contributed by atoms with Crippen molar-refractivity contribution in [3.05, 3.63) is 12.4 Å². The summed E-state index contributed by atoms with van der Waals surface area (Å²) in [6.07, 6.45) is 8.43. The summed E-state index contributed by atoms with van der Waals surface area (Å²) in [6, 6.07) is 0. The number of nitrogens with zero attached hydrogens (tertiary/aromatic N) is 2. The summed E-state index contributed by atoms with van der Waals surface area (Å²) >= 11 is 0. The quantitative estimate of drug-likeness (QED) is 0.795. The minimum Gasteiger partial charge on any atom is -0.484 e. The van der Waals surface area contributed by atoms with Crippen molar-refractivity contribution in [1.29, 1.82) is 0 Å². The Kier molecular flexibility index (Phi) is 2.95. The largest absolute Gasteiger partial charge is 0.484 e. The first-order valence-electron chi connectivity index (χ1n) is 5.56. The molecule has 1 N–H and O–H groups in total. The van der Waals surface area contributed by atoms with Gasteiger partial charge in [-0.05, 0) is 39.3 Å². The van der Waals surface area contributed by atoms with Crippen molar-refractivity contribution in [2.75, 3.05) is 13.6 Å². The number of hydrogen-bond donors (Lipinski definition) is 1. The van der Waals surface area contributed by atoms with Crippen LogP contribution in [0.5, 0.6) is 5.75 Å². The number of nitrogens with one attached hydrogen (secondary N) is 1. The van der Waals surface area contributed by atoms with Crippen molar-refractivity contribution in [3.8, 4) is 5.75 Å². The molecule has 1 fully saturated rings. The van der Waals surface area contributed by atoms with Crippen LogP contribution in [-0.4, -0.2) is 29.0 Å². The second-order valence-electron chi connectivity index (χ2n) is 4.34. The predicted octanol–water partition coefficient (Wildman–Crippen LogP) is 1.33. The minimum absolute atomic E-state index is 0.0754. The summed E-state index contributed by atoms with van der Waals surface area (Å²) in [6.45, 7) is 1.01. The van der Waals surface area contributed by atoms with Crippen LogP contribution >= 0.6 is 0 Å². The topological polar surface area (TPSA) is 39.1 Å². The van der Waals surface area contributed by atoms with Gasteiger partial charge >= 0.3 is 0 Å². The highest BCUT2D eigenvalue weighted by atomic mass is 16.5. The Morgan fingerprint density at radius 1 is 1.60 bits per heavy atom. The van der Waals surface area contributed by atoms with Gasteiger partial charge in [-0.3, -0.25) is 4.68 Å². The Hall–Kier alpha value is -1.03. The third-order valence-electron chi connectivity index (χ3n) is 3.11. The van der Waals surface area contributed by atoms with E-state index < -0.39 is 0 Å². The lowest BCUT2D eigenvalue weighted by atomic mass is 9.77. The molecule has 0 amide bonds. The molecule has 0 atom stereocenters. The second-order valence-corrected chi connectivity index (χ2v) is 4.34. The monoisotopic (exact) mass is 209 g/mol. The van der Waals surface area contributed by atoms with E-state index in [4.69, 9.17) is 4.74 Å². The molecular formula is C11H19N3O. The van der Waals surface area contributed by atoms with Gasteiger partial charge in [-0.2, -0.15) is 5.10 Å². The summed E-state index contributed by atoms with van der Waals surface area (Å²) in [5, 5.41) is 7.30. The van der Waals surface area contributed by atoms with Crippen molar-refractivity contribution in [2.24, 2.45) is 7.05 Å². The molecule has 84 valence electrons. The molecule has 1 aromatic rings. The van der Waals surface area contributed by atoms with Crippen LogP contribution in [0.1, 0.15) is 25.7 Å². The number of aromatic nitrogens is 2. The maximum absolute atomic E-state index is 6.04. The lowest BCUT2D eigenvalue weighted by Gasteiger charge is -2.41. The van der Waals surface area contributed by atoms with Crippen molar-refractivity contribution in [2.45, 2.75) is 31.3 Å². The van der Waals surface area contributed by atoms with E-state index in [1.165, 1.54) is 19.3 Å². The van der Waals surface area contributed by atoms with Crippen molar-refractivity contribution in [3.63, 3.8) is 0 Å². The number of rotatable bonds is 5. The van der Waals surface area contributed by atoms with Crippen LogP contribution in [0, 0.1) is 0 Å². The van der Waals surface area contributed by atoms with E-state index in [-0.39, 0.29) is 5.60 Å². The van der Waals surface area contributed by atoms with Gasteiger partial charge in [-0.25, -0.2) is 0 Å². The first-order chi connectivity index (χ1) is 7.24. The van der Waals surface area contributed by atoms with Gasteiger partial charge in [0.2, 0.25) is 0 Å². The fourth-order valence-corrected chi connectivity index (χ4v) is 2.03. The summed E-state index contributed by atoms with van der Waals surface area (Å²) in [5.41, 5.74) is 0.0754. The van der Waals surface area contributed by atoms with Gasteiger partial charge < -0.3 is 10.1 Å². The number of hydrogen-bond acceptors (Lipinski definition) is 3. The van der Waals surface area contributed by atoms with Gasteiger partial charge in [0.15, 0.2) is 5.75 Å². The zero-order valence-electron chi connectivity index (χ0n) is 9.49. The molecule has 15 heavy (non-hydrogen) atoms. The SMILES string of the molecule is CNCCC1(Oc2cnn(C)c2)CCC1. The Morgan fingerprint density at radius 2 is 2.40 bits per heavy atom. The lowest BCUT2D eigenvalue weighted by Crippen LogP contribution is -2.45. The van der Waals surface area contributed by atoms with Gasteiger partial charge in [0, 0.05) is 7.05 Å². The van der Waals surface area contributed by atoms with E-state index in [0.29, 0.717) is 0 Å². The van der Waals surface area contributed by atoms with Gasteiger partial charge in [0.1, 0.15) is 5.60 Å². The molecule has 0 saturated heterocycles. The van der Waals surface area contributed by atoms with Crippen LogP contribution in [0.3, 0.4) is 0 Å². The molecule has 0 unspecified atom stereocenters. The molecular weight excluding hydrogens is 190 g/mol. The van der Waals surface area contributed by atoms with Crippen molar-refractivity contribution < 1.29 is 4.74 Å². The normalized spacial score (nSPS) is 18.5. The van der Waals surface area contributed by atoms with E-state index in [0.717, 1.165) is 18.7 Å². The fraction of sp³-hybridized carbons (Fsp3) is 0.727. The highest BCUT2D eigenvalue weighted by molar-refractivity contribution is 5.14. The second kappa shape index (κ2) is 4.23. The molecule has 1 saturated carbocycles. The average molecular weight is 209 g/mol. The molecule has 0 spiro atoms. The van der Waals surface area contributed by atoms with E-state index in [1.54, 1.807) is 10.9 Å². The molecule has 0 bridgehead atoms. The zero-order chi connectivity index (χ0) is 10.7. The van der Waals surface area contributed by atoms with Crippen LogP contribution in [0.2, 0.25) is 0 Å². The third kappa shape index (κ3) is 2.31. The molecule has 1 aromatic heterocycles. The summed E-state index contributed by atoms with van der Waals surface area (Å²) in [4.78, 5) is 0. The lowest BCUT2D eigenvalue weighted by molar-refractivity contribution is -0.0139. The first-order valence-corrected chi connectivity index (χ1v) is 5.56. The van der Waals surface area contributed by atoms with Crippen molar-refractivity contribution >= 4 is 0 Å². The maximum atomic E-state index is 6.04. The molecule has 0 aromatic carbocycles. The Labute approximate surface area is 90.6 Å². The van der Waals surface area contributed by atoms with Crippen molar-refractivity contribution in [1.82, 2.24) is 15.1 Å². The van der Waals surface area contributed by atoms with Gasteiger partial charge in [-0.1, -0.05) is 0 Å². The van der Waals surface area contributed by atoms with Crippen LogP contribution < -0.4 is 10.1 Å². The Bertz CT molecular complexity index is 317. The minimum atomic E-state index is 0.0754. The van der Waals surface area contributed by atoms with Crippen LogP contribution in [0.4, 0.5) is 0 Å². The predicted molar refractivity (Wildman–Crippen MR) is 59.0 cm³/mol. The summed E-state index contributed by atoms with van der Waals surface area (Å²) < 4.78 is 7.82. The molecule has 1 aliphatic rings. The van der Waals surface area contributed by atoms with Gasteiger partial charge in [0.05, 0.1) is 12.4 Å². The van der Waals surface area contributed by atoms with E-state index in [2.05, 4.69) is 10.4 Å². The molecule has 0 radical (unpaired) electrons. The molecule has 4 heteroatoms. The Balaban J connectivity index is 1.95. The molecule has 1 aliphatic carbocycles. The standard InChI is InChI=1S/C11H19N3O/c1-12-7-6-11(4-3-5-11)15-10-8-13-14(2)9-10/h8-9,12H,3-7H2,1-2H3. The number of aryl methyl sites for hydroxylation is 1. The average Bonchev–Trinajstić information content (AvgIpc) is 2.56. The number of ether oxygens (including phenoxy) is 1. The van der Waals surface area contributed by atoms with E-state index in [1.807, 2.05) is 20.3 Å². The van der Waals surface area contributed by atoms with Gasteiger partial charge in [0.25, 0.3) is 0 Å². The van der Waals surface area contributed by atoms with Crippen LogP contribution in [0.25, 0.3) is 0 Å². The Morgan fingerprint density at radius 3 is 2.87 bits per heavy atom. The molecule has 4 nitrogen and oxygen atoms in total. The summed E-state index contributed by atoms with van der Waals surface area (Å²) in [5.74, 6) is 0.897. The first kappa shape index (κ1) is 10.5.